The molecule has 1 amide bonds. The lowest BCUT2D eigenvalue weighted by Gasteiger charge is -2.36. The van der Waals surface area contributed by atoms with Crippen LogP contribution in [0.5, 0.6) is 0 Å². The molecule has 1 aliphatic carbocycles. The van der Waals surface area contributed by atoms with Gasteiger partial charge in [-0.1, -0.05) is 0 Å². The molecule has 2 nitrogen and oxygen atoms in total. The molecule has 1 saturated carbocycles. The van der Waals surface area contributed by atoms with Gasteiger partial charge in [-0.2, -0.15) is 0 Å². The van der Waals surface area contributed by atoms with Gasteiger partial charge in [-0.3, -0.25) is 4.79 Å². The van der Waals surface area contributed by atoms with E-state index in [1.54, 1.807) is 0 Å². The molecule has 2 fully saturated rings. The van der Waals surface area contributed by atoms with Gasteiger partial charge in [0.2, 0.25) is 6.41 Å². The summed E-state index contributed by atoms with van der Waals surface area (Å²) in [6.45, 7) is 2.08. The van der Waals surface area contributed by atoms with E-state index in [1.807, 2.05) is 4.90 Å². The molecule has 0 bridgehead atoms. The summed E-state index contributed by atoms with van der Waals surface area (Å²) in [5, 5.41) is 0. The zero-order valence-electron chi connectivity index (χ0n) is 4.76. The molecule has 1 heterocycles. The van der Waals surface area contributed by atoms with E-state index in [4.69, 9.17) is 0 Å². The van der Waals surface area contributed by atoms with E-state index < -0.39 is 0 Å². The van der Waals surface area contributed by atoms with E-state index in [0.29, 0.717) is 5.41 Å². The van der Waals surface area contributed by atoms with Crippen LogP contribution in [0.1, 0.15) is 12.8 Å². The van der Waals surface area contributed by atoms with Gasteiger partial charge in [0.1, 0.15) is 0 Å². The van der Waals surface area contributed by atoms with Crippen molar-refractivity contribution in [2.45, 2.75) is 12.8 Å². The van der Waals surface area contributed by atoms with Gasteiger partial charge in [0.25, 0.3) is 0 Å². The van der Waals surface area contributed by atoms with Gasteiger partial charge in [0.05, 0.1) is 0 Å². The Bertz CT molecular complexity index is 120. The number of amides is 1. The fourth-order valence-electron chi connectivity index (χ4n) is 1.38. The molecule has 0 unspecified atom stereocenters. The standard InChI is InChI=1S/C6H9NO/c8-5-7-3-6(4-7)1-2-6/h5H,1-4H2. The van der Waals surface area contributed by atoms with Crippen LogP contribution in [0, 0.1) is 5.41 Å². The van der Waals surface area contributed by atoms with Crippen LogP contribution < -0.4 is 0 Å². The molecule has 0 aromatic rings. The van der Waals surface area contributed by atoms with Gasteiger partial charge < -0.3 is 4.90 Å². The van der Waals surface area contributed by atoms with Crippen LogP contribution in [-0.4, -0.2) is 24.4 Å². The van der Waals surface area contributed by atoms with Crippen LogP contribution in [0.3, 0.4) is 0 Å². The highest BCUT2D eigenvalue weighted by Crippen LogP contribution is 2.52. The normalized spacial score (nSPS) is 29.8. The van der Waals surface area contributed by atoms with Crippen molar-refractivity contribution in [1.29, 1.82) is 0 Å². The number of likely N-dealkylation sites (tertiary alicyclic amines) is 1. The molecular weight excluding hydrogens is 102 g/mol. The number of nitrogens with zero attached hydrogens (tertiary/aromatic N) is 1. The van der Waals surface area contributed by atoms with Crippen molar-refractivity contribution in [3.63, 3.8) is 0 Å². The molecule has 0 N–H and O–H groups in total. The second kappa shape index (κ2) is 1.07. The maximum atomic E-state index is 10.0. The molecule has 1 saturated heterocycles. The molecule has 2 rings (SSSR count). The smallest absolute Gasteiger partial charge is 0.209 e. The average molecular weight is 111 g/mol. The summed E-state index contributed by atoms with van der Waals surface area (Å²) < 4.78 is 0. The van der Waals surface area contributed by atoms with Gasteiger partial charge in [-0.05, 0) is 12.8 Å². The second-order valence-corrected chi connectivity index (χ2v) is 3.01. The Morgan fingerprint density at radius 3 is 2.38 bits per heavy atom. The van der Waals surface area contributed by atoms with E-state index in [1.165, 1.54) is 12.8 Å². The maximum absolute atomic E-state index is 10.0. The lowest BCUT2D eigenvalue weighted by molar-refractivity contribution is -0.124. The monoisotopic (exact) mass is 111 g/mol. The second-order valence-electron chi connectivity index (χ2n) is 3.01. The summed E-state index contributed by atoms with van der Waals surface area (Å²) in [6, 6.07) is 0. The fraction of sp³-hybridized carbons (Fsp3) is 0.833. The van der Waals surface area contributed by atoms with E-state index in [9.17, 15) is 4.79 Å². The van der Waals surface area contributed by atoms with Crippen LogP contribution >= 0.6 is 0 Å². The van der Waals surface area contributed by atoms with E-state index in [-0.39, 0.29) is 0 Å². The van der Waals surface area contributed by atoms with Crippen molar-refractivity contribution >= 4 is 6.41 Å². The molecule has 44 valence electrons. The molecule has 0 radical (unpaired) electrons. The van der Waals surface area contributed by atoms with Gasteiger partial charge in [0.15, 0.2) is 0 Å². The van der Waals surface area contributed by atoms with Crippen molar-refractivity contribution < 1.29 is 4.79 Å². The third-order valence-corrected chi connectivity index (χ3v) is 2.18. The van der Waals surface area contributed by atoms with Crippen molar-refractivity contribution in [3.8, 4) is 0 Å². The molecule has 0 aromatic heterocycles. The predicted octanol–water partition coefficient (Wildman–Crippen LogP) is 0.239. The number of rotatable bonds is 1. The van der Waals surface area contributed by atoms with Crippen LogP contribution in [0.25, 0.3) is 0 Å². The summed E-state index contributed by atoms with van der Waals surface area (Å²) in [4.78, 5) is 11.9. The zero-order valence-corrected chi connectivity index (χ0v) is 4.76. The zero-order chi connectivity index (χ0) is 5.61. The quantitative estimate of drug-likeness (QED) is 0.444. The summed E-state index contributed by atoms with van der Waals surface area (Å²) in [6.07, 6.45) is 3.66. The van der Waals surface area contributed by atoms with Crippen molar-refractivity contribution in [2.75, 3.05) is 13.1 Å². The van der Waals surface area contributed by atoms with Crippen LogP contribution in [0.2, 0.25) is 0 Å². The number of hydrogen-bond acceptors (Lipinski definition) is 1. The van der Waals surface area contributed by atoms with Gasteiger partial charge >= 0.3 is 0 Å². The van der Waals surface area contributed by atoms with Crippen molar-refractivity contribution in [1.82, 2.24) is 4.90 Å². The minimum absolute atomic E-state index is 0.640. The summed E-state index contributed by atoms with van der Waals surface area (Å²) in [7, 11) is 0. The first-order valence-electron chi connectivity index (χ1n) is 3.04. The maximum Gasteiger partial charge on any atom is 0.209 e. The van der Waals surface area contributed by atoms with Crippen molar-refractivity contribution in [3.05, 3.63) is 0 Å². The first-order chi connectivity index (χ1) is 3.85. The lowest BCUT2D eigenvalue weighted by Crippen LogP contribution is -2.47. The summed E-state index contributed by atoms with van der Waals surface area (Å²) in [5.74, 6) is 0. The SMILES string of the molecule is O=CN1CC2(CC2)C1. The average Bonchev–Trinajstić information content (AvgIpc) is 2.38. The molecular formula is C6H9NO. The highest BCUT2D eigenvalue weighted by atomic mass is 16.1. The summed E-state index contributed by atoms with van der Waals surface area (Å²) >= 11 is 0. The minimum atomic E-state index is 0.640. The Kier molecular flexibility index (Phi) is 0.581. The molecule has 8 heavy (non-hydrogen) atoms. The molecule has 1 spiro atoms. The lowest BCUT2D eigenvalue weighted by atomic mass is 9.98. The minimum Gasteiger partial charge on any atom is -0.344 e. The largest absolute Gasteiger partial charge is 0.344 e. The number of hydrogen-bond donors (Lipinski definition) is 0. The third kappa shape index (κ3) is 0.403. The Labute approximate surface area is 48.5 Å². The fourth-order valence-corrected chi connectivity index (χ4v) is 1.38. The third-order valence-electron chi connectivity index (χ3n) is 2.18. The Hall–Kier alpha value is -0.530. The van der Waals surface area contributed by atoms with Crippen LogP contribution in [0.15, 0.2) is 0 Å². The molecule has 2 aliphatic rings. The van der Waals surface area contributed by atoms with Crippen LogP contribution in [0.4, 0.5) is 0 Å². The Morgan fingerprint density at radius 2 is 2.00 bits per heavy atom. The van der Waals surface area contributed by atoms with E-state index in [2.05, 4.69) is 0 Å². The van der Waals surface area contributed by atoms with E-state index in [0.717, 1.165) is 19.5 Å². The topological polar surface area (TPSA) is 20.3 Å². The first-order valence-corrected chi connectivity index (χ1v) is 3.04. The Balaban J connectivity index is 1.91. The Morgan fingerprint density at radius 1 is 1.38 bits per heavy atom. The predicted molar refractivity (Wildman–Crippen MR) is 29.3 cm³/mol. The number of carbonyl (C=O) groups excluding carboxylic acids is 1. The highest BCUT2D eigenvalue weighted by molar-refractivity contribution is 5.50. The molecule has 1 aliphatic heterocycles. The van der Waals surface area contributed by atoms with Gasteiger partial charge in [-0.25, -0.2) is 0 Å². The van der Waals surface area contributed by atoms with Crippen molar-refractivity contribution in [2.24, 2.45) is 5.41 Å². The molecule has 0 atom stereocenters. The number of carbonyl (C=O) groups is 1. The van der Waals surface area contributed by atoms with E-state index >= 15 is 0 Å². The summed E-state index contributed by atoms with van der Waals surface area (Å²) in [5.41, 5.74) is 0.640. The van der Waals surface area contributed by atoms with Gasteiger partial charge in [0, 0.05) is 18.5 Å². The highest BCUT2D eigenvalue weighted by Gasteiger charge is 2.51. The first kappa shape index (κ1) is 4.36. The van der Waals surface area contributed by atoms with Gasteiger partial charge in [-0.15, -0.1) is 0 Å². The molecule has 2 heteroatoms. The van der Waals surface area contributed by atoms with Crippen LogP contribution in [-0.2, 0) is 4.79 Å². The molecule has 0 aromatic carbocycles.